The van der Waals surface area contributed by atoms with E-state index in [-0.39, 0.29) is 30.9 Å². The van der Waals surface area contributed by atoms with Crippen LogP contribution in [0.25, 0.3) is 0 Å². The Morgan fingerprint density at radius 3 is 1.58 bits per heavy atom. The third-order valence-corrected chi connectivity index (χ3v) is 6.94. The first kappa shape index (κ1) is 20.0. The van der Waals surface area contributed by atoms with Gasteiger partial charge >= 0.3 is 6.72 Å². The molecule has 0 aliphatic heterocycles. The Morgan fingerprint density at radius 2 is 1.37 bits per heavy atom. The maximum Gasteiger partial charge on any atom is 0.323 e. The highest BCUT2D eigenvalue weighted by Crippen LogP contribution is 2.49. The fourth-order valence-corrected chi connectivity index (χ4v) is 2.39. The number of aromatic hydroxyl groups is 1. The monoisotopic (exact) mass is 405 g/mol. The van der Waals surface area contributed by atoms with Gasteiger partial charge in [-0.05, 0) is 6.26 Å². The molecule has 0 radical (unpaired) electrons. The minimum Gasteiger partial charge on any atom is -0.505 e. The third-order valence-electron chi connectivity index (χ3n) is 1.70. The lowest BCUT2D eigenvalue weighted by molar-refractivity contribution is 0.410. The average Bonchev–Trinajstić information content (AvgIpc) is 2.41. The Morgan fingerprint density at radius 1 is 1.05 bits per heavy atom. The molecule has 4 nitrogen and oxygen atoms in total. The Bertz CT molecular complexity index is 403. The summed E-state index contributed by atoms with van der Waals surface area (Å²) in [4.78, 5) is 0. The van der Waals surface area contributed by atoms with Crippen molar-refractivity contribution in [2.75, 3.05) is 13.4 Å². The summed E-state index contributed by atoms with van der Waals surface area (Å²) in [6, 6.07) is 0. The van der Waals surface area contributed by atoms with E-state index >= 15 is 0 Å². The number of benzene rings is 1. The van der Waals surface area contributed by atoms with Crippen molar-refractivity contribution in [1.29, 1.82) is 0 Å². The molecule has 0 saturated heterocycles. The van der Waals surface area contributed by atoms with Crippen LogP contribution in [0.15, 0.2) is 0 Å². The number of halogens is 5. The van der Waals surface area contributed by atoms with Gasteiger partial charge in [0, 0.05) is 7.11 Å². The number of phenols is 1. The Hall–Kier alpha value is 0.970. The van der Waals surface area contributed by atoms with Crippen molar-refractivity contribution < 1.29 is 14.2 Å². The van der Waals surface area contributed by atoms with Crippen LogP contribution in [0, 0.1) is 0 Å². The molecule has 110 valence electrons. The average molecular weight is 407 g/mol. The quantitative estimate of drug-likeness (QED) is 0.373. The first-order chi connectivity index (χ1) is 8.59. The molecule has 0 bridgehead atoms. The van der Waals surface area contributed by atoms with Gasteiger partial charge in [0.05, 0.1) is 15.1 Å². The molecule has 0 heterocycles. The standard InChI is InChI=1S/C6HCl5O.C2H8NO2PS/c7-1-2(8)4(10)6(12)5(11)3(1)9;1-5-6(3,4)7-2/h12H;1-2H3,(H2,3,4). The van der Waals surface area contributed by atoms with E-state index in [2.05, 4.69) is 4.52 Å². The summed E-state index contributed by atoms with van der Waals surface area (Å²) in [5.41, 5.74) is 5.01. The van der Waals surface area contributed by atoms with Crippen LogP contribution < -0.4 is 5.50 Å². The fourth-order valence-electron chi connectivity index (χ4n) is 0.668. The lowest BCUT2D eigenvalue weighted by Crippen LogP contribution is -1.89. The summed E-state index contributed by atoms with van der Waals surface area (Å²) >= 11 is 28.9. The maximum atomic E-state index is 10.5. The lowest BCUT2D eigenvalue weighted by Gasteiger charge is -2.06. The van der Waals surface area contributed by atoms with Crippen LogP contribution in [0.3, 0.4) is 0 Å². The summed E-state index contributed by atoms with van der Waals surface area (Å²) in [5, 5.41) is 9.01. The van der Waals surface area contributed by atoms with E-state index in [0.29, 0.717) is 0 Å². The van der Waals surface area contributed by atoms with Crippen LogP contribution in [-0.2, 0) is 9.09 Å². The molecule has 3 N–H and O–H groups in total. The predicted molar refractivity (Wildman–Crippen MR) is 85.5 cm³/mol. The molecule has 1 rings (SSSR count). The van der Waals surface area contributed by atoms with Gasteiger partial charge < -0.3 is 9.63 Å². The largest absolute Gasteiger partial charge is 0.505 e. The molecular formula is C8H9Cl5NO3PS. The van der Waals surface area contributed by atoms with Crippen molar-refractivity contribution in [3.63, 3.8) is 0 Å². The van der Waals surface area contributed by atoms with E-state index in [0.717, 1.165) is 11.4 Å². The molecule has 0 aliphatic rings. The minimum absolute atomic E-state index is 0.00904. The molecule has 1 unspecified atom stereocenters. The summed E-state index contributed by atoms with van der Waals surface area (Å²) < 4.78 is 14.9. The number of nitrogens with two attached hydrogens (primary N) is 1. The number of phenolic OH excluding ortho intramolecular Hbond substituents is 1. The van der Waals surface area contributed by atoms with Crippen LogP contribution >= 0.6 is 76.1 Å². The van der Waals surface area contributed by atoms with Crippen LogP contribution in [0.5, 0.6) is 5.75 Å². The smallest absolute Gasteiger partial charge is 0.323 e. The van der Waals surface area contributed by atoms with E-state index in [9.17, 15) is 9.67 Å². The molecule has 0 saturated carbocycles. The van der Waals surface area contributed by atoms with E-state index in [1.807, 2.05) is 0 Å². The summed E-state index contributed by atoms with van der Waals surface area (Å²) in [6.07, 6.45) is 1.64. The van der Waals surface area contributed by atoms with Crippen molar-refractivity contribution in [3.05, 3.63) is 25.1 Å². The highest BCUT2D eigenvalue weighted by molar-refractivity contribution is 8.55. The zero-order valence-corrected chi connectivity index (χ0v) is 15.1. The zero-order chi connectivity index (χ0) is 15.4. The van der Waals surface area contributed by atoms with Gasteiger partial charge in [0.25, 0.3) is 0 Å². The molecule has 1 aromatic carbocycles. The Kier molecular flexibility index (Phi) is 8.85. The van der Waals surface area contributed by atoms with Crippen LogP contribution in [0.4, 0.5) is 0 Å². The fraction of sp³-hybridized carbons (Fsp3) is 0.250. The number of hydrogen-bond acceptors (Lipinski definition) is 4. The summed E-state index contributed by atoms with van der Waals surface area (Å²) in [7, 11) is 1.33. The molecule has 1 atom stereocenters. The first-order valence-electron chi connectivity index (χ1n) is 4.29. The highest BCUT2D eigenvalue weighted by atomic mass is 35.5. The normalized spacial score (nSPS) is 13.5. The highest BCUT2D eigenvalue weighted by Gasteiger charge is 2.18. The van der Waals surface area contributed by atoms with Gasteiger partial charge in [-0.25, -0.2) is 0 Å². The topological polar surface area (TPSA) is 72.5 Å². The van der Waals surface area contributed by atoms with Crippen molar-refractivity contribution in [1.82, 2.24) is 0 Å². The molecule has 0 amide bonds. The van der Waals surface area contributed by atoms with Crippen LogP contribution in [0.2, 0.25) is 25.1 Å². The molecule has 0 aromatic heterocycles. The van der Waals surface area contributed by atoms with Gasteiger partial charge in [-0.3, -0.25) is 10.1 Å². The maximum absolute atomic E-state index is 10.5. The van der Waals surface area contributed by atoms with Gasteiger partial charge in [0.1, 0.15) is 10.0 Å². The molecule has 0 aliphatic carbocycles. The van der Waals surface area contributed by atoms with Crippen molar-refractivity contribution in [2.45, 2.75) is 0 Å². The summed E-state index contributed by atoms with van der Waals surface area (Å²) in [6.45, 7) is -2.74. The van der Waals surface area contributed by atoms with E-state index in [4.69, 9.17) is 63.5 Å². The predicted octanol–water partition coefficient (Wildman–Crippen LogP) is 5.72. The second kappa shape index (κ2) is 8.42. The Balaban J connectivity index is 0.000000399. The number of rotatable bonds is 2. The van der Waals surface area contributed by atoms with Crippen LogP contribution in [-0.4, -0.2) is 18.5 Å². The first-order valence-corrected chi connectivity index (χ1v) is 9.70. The van der Waals surface area contributed by atoms with Crippen molar-refractivity contribution in [3.8, 4) is 5.75 Å². The number of hydrogen-bond donors (Lipinski definition) is 2. The Labute approximate surface area is 139 Å². The zero-order valence-electron chi connectivity index (χ0n) is 9.59. The van der Waals surface area contributed by atoms with E-state index < -0.39 is 6.72 Å². The summed E-state index contributed by atoms with van der Waals surface area (Å²) in [5.74, 6) is -0.363. The van der Waals surface area contributed by atoms with E-state index in [1.165, 1.54) is 7.11 Å². The van der Waals surface area contributed by atoms with Gasteiger partial charge in [-0.2, -0.15) is 0 Å². The van der Waals surface area contributed by atoms with Crippen molar-refractivity contribution in [2.24, 2.45) is 5.50 Å². The van der Waals surface area contributed by atoms with Crippen LogP contribution in [0.1, 0.15) is 0 Å². The molecule has 11 heteroatoms. The molecule has 19 heavy (non-hydrogen) atoms. The van der Waals surface area contributed by atoms with Gasteiger partial charge in [0.2, 0.25) is 0 Å². The van der Waals surface area contributed by atoms with Gasteiger partial charge in [-0.15, -0.1) is 0 Å². The van der Waals surface area contributed by atoms with Gasteiger partial charge in [0.15, 0.2) is 5.75 Å². The second-order valence-electron chi connectivity index (χ2n) is 2.82. The molecule has 0 spiro atoms. The molecular weight excluding hydrogens is 398 g/mol. The lowest BCUT2D eigenvalue weighted by atomic mass is 10.3. The SMILES string of the molecule is COP(N)(=O)SC.Oc1c(Cl)c(Cl)c(Cl)c(Cl)c1Cl. The molecule has 1 aromatic rings. The van der Waals surface area contributed by atoms with Gasteiger partial charge in [-0.1, -0.05) is 69.4 Å². The van der Waals surface area contributed by atoms with E-state index in [1.54, 1.807) is 6.26 Å². The minimum atomic E-state index is -2.74. The third kappa shape index (κ3) is 5.70. The van der Waals surface area contributed by atoms with Crippen molar-refractivity contribution >= 4 is 76.1 Å². The molecule has 0 fully saturated rings. The second-order valence-corrected chi connectivity index (χ2v) is 9.15.